The van der Waals surface area contributed by atoms with Gasteiger partial charge in [0.15, 0.2) is 0 Å². The summed E-state index contributed by atoms with van der Waals surface area (Å²) in [6, 6.07) is 11.3. The van der Waals surface area contributed by atoms with E-state index in [-0.39, 0.29) is 67.8 Å². The van der Waals surface area contributed by atoms with E-state index in [1.54, 1.807) is 6.07 Å². The molecule has 5 aliphatic rings. The van der Waals surface area contributed by atoms with Gasteiger partial charge in [0.1, 0.15) is 0 Å². The number of aryl methyl sites for hydroxylation is 2. The van der Waals surface area contributed by atoms with Gasteiger partial charge in [-0.05, 0) is 109 Å². The molecule has 5 N–H and O–H groups in total. The second-order valence-electron chi connectivity index (χ2n) is 21.1. The zero-order chi connectivity index (χ0) is 44.7. The smallest absolute Gasteiger partial charge is 0.312 e. The van der Waals surface area contributed by atoms with E-state index < -0.39 is 58.6 Å². The zero-order valence-electron chi connectivity index (χ0n) is 36.4. The third-order valence-electron chi connectivity index (χ3n) is 13.9. The second kappa shape index (κ2) is 17.6. The fourth-order valence-electron chi connectivity index (χ4n) is 10.2. The molecule has 336 valence electrons. The van der Waals surface area contributed by atoms with Gasteiger partial charge < -0.3 is 26.0 Å². The van der Waals surface area contributed by atoms with Crippen molar-refractivity contribution in [2.75, 3.05) is 20.3 Å². The summed E-state index contributed by atoms with van der Waals surface area (Å²) < 4.78 is 61.0. The quantitative estimate of drug-likeness (QED) is 0.124. The molecule has 0 spiro atoms. The molecule has 7 rings (SSSR count). The van der Waals surface area contributed by atoms with E-state index in [0.29, 0.717) is 29.3 Å². The Kier molecular flexibility index (Phi) is 14.3. The largest absolute Gasteiger partial charge is 0.469 e. The van der Waals surface area contributed by atoms with Crippen molar-refractivity contribution < 1.29 is 42.1 Å². The molecule has 5 fully saturated rings. The van der Waals surface area contributed by atoms with E-state index in [2.05, 4.69) is 46.9 Å². The molecule has 0 saturated heterocycles. The van der Waals surface area contributed by atoms with Crippen molar-refractivity contribution >= 4 is 35.1 Å². The summed E-state index contributed by atoms with van der Waals surface area (Å²) in [5.74, 6) is -7.58. The van der Waals surface area contributed by atoms with Crippen LogP contribution >= 0.6 is 23.2 Å². The van der Waals surface area contributed by atoms with Crippen LogP contribution in [0.3, 0.4) is 0 Å². The molecule has 0 aliphatic heterocycles. The van der Waals surface area contributed by atoms with Gasteiger partial charge in [-0.1, -0.05) is 89.0 Å². The topological polar surface area (TPSA) is 122 Å². The molecular formula is C47H66Cl2F4N2O5. The molecule has 1 amide bonds. The molecular weight excluding hydrogens is 819 g/mol. The summed E-state index contributed by atoms with van der Waals surface area (Å²) >= 11 is 13.1. The van der Waals surface area contributed by atoms with E-state index in [9.17, 15) is 37.4 Å². The average molecular weight is 886 g/mol. The highest BCUT2D eigenvalue weighted by molar-refractivity contribution is 6.31. The van der Waals surface area contributed by atoms with Crippen molar-refractivity contribution in [3.05, 3.63) is 68.7 Å². The fraction of sp³-hybridized carbons (Fsp3) is 0.702. The number of rotatable bonds is 12. The average Bonchev–Trinajstić information content (AvgIpc) is 3.12. The Bertz CT molecular complexity index is 1860. The van der Waals surface area contributed by atoms with E-state index in [1.807, 2.05) is 30.3 Å². The number of nitrogens with two attached hydrogens (primary N) is 1. The monoisotopic (exact) mass is 884 g/mol. The first-order valence-electron chi connectivity index (χ1n) is 21.4. The number of esters is 1. The summed E-state index contributed by atoms with van der Waals surface area (Å²) in [6.07, 6.45) is 3.97. The number of carbonyl (C=O) groups is 2. The van der Waals surface area contributed by atoms with Crippen molar-refractivity contribution in [3.63, 3.8) is 0 Å². The van der Waals surface area contributed by atoms with Crippen molar-refractivity contribution in [1.82, 2.24) is 5.32 Å². The van der Waals surface area contributed by atoms with Crippen molar-refractivity contribution in [2.45, 2.75) is 160 Å². The minimum atomic E-state index is -2.88. The number of alkyl halides is 4. The zero-order valence-corrected chi connectivity index (χ0v) is 37.9. The lowest BCUT2D eigenvalue weighted by molar-refractivity contribution is -0.203. The third-order valence-corrected chi connectivity index (χ3v) is 14.6. The predicted octanol–water partition coefficient (Wildman–Crippen LogP) is 10.5. The van der Waals surface area contributed by atoms with Gasteiger partial charge in [0, 0.05) is 77.8 Å². The van der Waals surface area contributed by atoms with E-state index in [0.717, 1.165) is 47.9 Å². The van der Waals surface area contributed by atoms with Crippen molar-refractivity contribution in [1.29, 1.82) is 0 Å². The van der Waals surface area contributed by atoms with Crippen LogP contribution in [0.25, 0.3) is 0 Å². The number of halogens is 6. The number of methoxy groups -OCH3 is 1. The van der Waals surface area contributed by atoms with Gasteiger partial charge in [0.2, 0.25) is 17.8 Å². The predicted molar refractivity (Wildman–Crippen MR) is 229 cm³/mol. The summed E-state index contributed by atoms with van der Waals surface area (Å²) in [6.45, 7) is 12.2. The Hall–Kier alpha value is -2.44. The maximum Gasteiger partial charge on any atom is 0.312 e. The van der Waals surface area contributed by atoms with Crippen LogP contribution in [0.5, 0.6) is 0 Å². The maximum atomic E-state index is 14.4. The van der Waals surface area contributed by atoms with Gasteiger partial charge in [-0.2, -0.15) is 0 Å². The summed E-state index contributed by atoms with van der Waals surface area (Å²) in [5, 5.41) is 24.0. The number of amides is 1. The number of aliphatic hydroxyl groups is 2. The number of benzene rings is 2. The molecule has 60 heavy (non-hydrogen) atoms. The highest BCUT2D eigenvalue weighted by Crippen LogP contribution is 2.68. The van der Waals surface area contributed by atoms with E-state index in [1.165, 1.54) is 7.11 Å². The maximum absolute atomic E-state index is 14.4. The van der Waals surface area contributed by atoms with Crippen LogP contribution in [-0.2, 0) is 38.1 Å². The molecule has 0 heterocycles. The normalized spacial score (nSPS) is 30.5. The second-order valence-corrected chi connectivity index (χ2v) is 21.9. The van der Waals surface area contributed by atoms with Gasteiger partial charge in [-0.3, -0.25) is 9.59 Å². The summed E-state index contributed by atoms with van der Waals surface area (Å²) in [4.78, 5) is 25.3. The number of aliphatic hydroxyl groups excluding tert-OH is 2. The molecule has 7 nitrogen and oxygen atoms in total. The molecule has 5 saturated carbocycles. The Balaban J connectivity index is 0.000000247. The summed E-state index contributed by atoms with van der Waals surface area (Å²) in [5.41, 5.74) is 7.50. The standard InChI is InChI=1S/C28H38ClF2NO4.C19H28ClF2NO/c1-24(2,3)8-7-18-5-6-19(11-21(18)29)27(9-10-28(30,31)12-20(27)14-33)13-22(34)32-26-15-25(16-26,17-26)23(35)36-4;1-17(2,3)7-6-13-4-5-14(10-16(13)20)19(23)9-8-18(21,22)11-15(19)12-24/h5-6,11,20,33H,7-10,12-17H2,1-4H3,(H,32,34);4-5,10,15,24H,6-9,11-12,23H2,1-3H3. The van der Waals surface area contributed by atoms with Gasteiger partial charge >= 0.3 is 5.97 Å². The van der Waals surface area contributed by atoms with Crippen LogP contribution in [0.2, 0.25) is 10.0 Å². The van der Waals surface area contributed by atoms with Crippen molar-refractivity contribution in [3.8, 4) is 0 Å². The highest BCUT2D eigenvalue weighted by atomic mass is 35.5. The number of carbonyl (C=O) groups excluding carboxylic acids is 2. The van der Waals surface area contributed by atoms with Gasteiger partial charge in [-0.25, -0.2) is 17.6 Å². The lowest BCUT2D eigenvalue weighted by Crippen LogP contribution is -2.77. The first kappa shape index (κ1) is 48.6. The molecule has 2 aromatic rings. The Morgan fingerprint density at radius 3 is 1.70 bits per heavy atom. The number of hydrogen-bond donors (Lipinski definition) is 4. The third kappa shape index (κ3) is 10.8. The molecule has 13 heteroatoms. The van der Waals surface area contributed by atoms with Crippen LogP contribution in [-0.4, -0.2) is 59.8 Å². The molecule has 2 bridgehead atoms. The Labute approximate surface area is 363 Å². The van der Waals surface area contributed by atoms with Gasteiger partial charge in [0.05, 0.1) is 12.5 Å². The van der Waals surface area contributed by atoms with E-state index >= 15 is 0 Å². The van der Waals surface area contributed by atoms with Crippen LogP contribution in [0.15, 0.2) is 36.4 Å². The molecule has 0 radical (unpaired) electrons. The van der Waals surface area contributed by atoms with Gasteiger partial charge in [-0.15, -0.1) is 0 Å². The van der Waals surface area contributed by atoms with Gasteiger partial charge in [0.25, 0.3) is 0 Å². The Morgan fingerprint density at radius 2 is 1.23 bits per heavy atom. The lowest BCUT2D eigenvalue weighted by atomic mass is 9.39. The number of hydrogen-bond acceptors (Lipinski definition) is 6. The molecule has 4 atom stereocenters. The molecule has 4 unspecified atom stereocenters. The van der Waals surface area contributed by atoms with Crippen LogP contribution in [0.1, 0.15) is 141 Å². The number of nitrogens with one attached hydrogen (secondary N) is 1. The minimum Gasteiger partial charge on any atom is -0.469 e. The highest BCUT2D eigenvalue weighted by Gasteiger charge is 2.73. The fourth-order valence-corrected chi connectivity index (χ4v) is 10.7. The molecule has 5 aliphatic carbocycles. The SMILES string of the molecule is CC(C)(C)CCc1ccc(C2(N)CCC(F)(F)CC2CO)cc1Cl.COC(=O)C12CC(NC(=O)CC3(c4ccc(CCC(C)(C)C)c(Cl)c4)CCC(F)(F)CC3CO)(C1)C2. The summed E-state index contributed by atoms with van der Waals surface area (Å²) in [7, 11) is 1.37. The van der Waals surface area contributed by atoms with Crippen molar-refractivity contribution in [2.24, 2.45) is 33.8 Å². The molecule has 2 aromatic carbocycles. The Morgan fingerprint density at radius 1 is 0.767 bits per heavy atom. The number of ether oxygens (including phenoxy) is 1. The first-order valence-corrected chi connectivity index (χ1v) is 22.1. The molecule has 0 aromatic heterocycles. The van der Waals surface area contributed by atoms with E-state index in [4.69, 9.17) is 33.7 Å². The minimum absolute atomic E-state index is 0.0149. The first-order chi connectivity index (χ1) is 27.6. The van der Waals surface area contributed by atoms with Crippen LogP contribution in [0.4, 0.5) is 17.6 Å². The lowest BCUT2D eigenvalue weighted by Gasteiger charge is -2.68. The van der Waals surface area contributed by atoms with Crippen LogP contribution in [0, 0.1) is 28.1 Å². The van der Waals surface area contributed by atoms with Crippen LogP contribution < -0.4 is 11.1 Å².